The number of carbonyl (C=O) groups is 1. The van der Waals surface area contributed by atoms with Gasteiger partial charge in [0.05, 0.1) is 17.4 Å². The van der Waals surface area contributed by atoms with E-state index in [2.05, 4.69) is 10.4 Å². The number of hydrogen-bond acceptors (Lipinski definition) is 4. The molecule has 7 nitrogen and oxygen atoms in total. The lowest BCUT2D eigenvalue weighted by atomic mass is 10.1. The molecular weight excluding hydrogens is 359 g/mol. The first-order valence-corrected chi connectivity index (χ1v) is 9.49. The predicted molar refractivity (Wildman–Crippen MR) is 95.5 cm³/mol. The van der Waals surface area contributed by atoms with Crippen molar-refractivity contribution in [2.24, 2.45) is 0 Å². The Hall–Kier alpha value is -2.26. The van der Waals surface area contributed by atoms with Crippen LogP contribution in [0.15, 0.2) is 29.2 Å². The van der Waals surface area contributed by atoms with Gasteiger partial charge in [-0.3, -0.25) is 9.48 Å². The zero-order valence-corrected chi connectivity index (χ0v) is 16.3. The van der Waals surface area contributed by atoms with Crippen LogP contribution in [0.25, 0.3) is 0 Å². The van der Waals surface area contributed by atoms with Crippen LogP contribution in [-0.2, 0) is 21.4 Å². The van der Waals surface area contributed by atoms with E-state index in [0.717, 1.165) is 9.87 Å². The van der Waals surface area contributed by atoms with Crippen molar-refractivity contribution in [3.63, 3.8) is 0 Å². The molecular formula is C17H23FN4O3S. The summed E-state index contributed by atoms with van der Waals surface area (Å²) < 4.78 is 40.3. The molecule has 1 atom stereocenters. The minimum Gasteiger partial charge on any atom is -0.348 e. The molecule has 0 saturated carbocycles. The van der Waals surface area contributed by atoms with Crippen LogP contribution in [0.4, 0.5) is 4.39 Å². The van der Waals surface area contributed by atoms with Crippen molar-refractivity contribution < 1.29 is 17.6 Å². The summed E-state index contributed by atoms with van der Waals surface area (Å²) in [7, 11) is -0.746. The fraction of sp³-hybridized carbons (Fsp3) is 0.412. The van der Waals surface area contributed by atoms with Gasteiger partial charge in [0.25, 0.3) is 0 Å². The van der Waals surface area contributed by atoms with E-state index in [0.29, 0.717) is 11.4 Å². The van der Waals surface area contributed by atoms with E-state index in [-0.39, 0.29) is 29.2 Å². The lowest BCUT2D eigenvalue weighted by Gasteiger charge is -2.15. The SMILES string of the molecule is Cc1nn(CC(=O)N[C@H](C)c2ccc(F)cc2)c(C)c1S(=O)(=O)N(C)C. The summed E-state index contributed by atoms with van der Waals surface area (Å²) in [5.41, 5.74) is 1.51. The van der Waals surface area contributed by atoms with Gasteiger partial charge in [-0.1, -0.05) is 12.1 Å². The highest BCUT2D eigenvalue weighted by atomic mass is 32.2. The van der Waals surface area contributed by atoms with E-state index in [1.54, 1.807) is 32.9 Å². The summed E-state index contributed by atoms with van der Waals surface area (Å²) in [6.07, 6.45) is 0. The largest absolute Gasteiger partial charge is 0.348 e. The molecule has 1 amide bonds. The number of aromatic nitrogens is 2. The lowest BCUT2D eigenvalue weighted by Crippen LogP contribution is -2.31. The van der Waals surface area contributed by atoms with Gasteiger partial charge < -0.3 is 5.32 Å². The molecule has 26 heavy (non-hydrogen) atoms. The average Bonchev–Trinajstić information content (AvgIpc) is 2.81. The van der Waals surface area contributed by atoms with Gasteiger partial charge in [0, 0.05) is 14.1 Å². The summed E-state index contributed by atoms with van der Waals surface area (Å²) in [5, 5.41) is 6.99. The minimum absolute atomic E-state index is 0.110. The molecule has 2 aromatic rings. The van der Waals surface area contributed by atoms with Crippen LogP contribution in [-0.4, -0.2) is 42.5 Å². The number of halogens is 1. The molecule has 0 aliphatic carbocycles. The average molecular weight is 382 g/mol. The van der Waals surface area contributed by atoms with E-state index < -0.39 is 10.0 Å². The molecule has 142 valence electrons. The second-order valence-electron chi connectivity index (χ2n) is 6.29. The van der Waals surface area contributed by atoms with Crippen molar-refractivity contribution in [1.29, 1.82) is 0 Å². The maximum absolute atomic E-state index is 13.0. The monoisotopic (exact) mass is 382 g/mol. The van der Waals surface area contributed by atoms with Crippen LogP contribution >= 0.6 is 0 Å². The Bertz CT molecular complexity index is 905. The van der Waals surface area contributed by atoms with Crippen molar-refractivity contribution >= 4 is 15.9 Å². The maximum Gasteiger partial charge on any atom is 0.246 e. The number of carbonyl (C=O) groups excluding carboxylic acids is 1. The number of rotatable bonds is 6. The molecule has 2 rings (SSSR count). The number of benzene rings is 1. The Labute approximate surface area is 152 Å². The van der Waals surface area contributed by atoms with Crippen molar-refractivity contribution in [3.05, 3.63) is 47.0 Å². The third-order valence-corrected chi connectivity index (χ3v) is 6.16. The summed E-state index contributed by atoms with van der Waals surface area (Å²) >= 11 is 0. The third-order valence-electron chi connectivity index (χ3n) is 4.09. The Morgan fingerprint density at radius 3 is 2.38 bits per heavy atom. The Kier molecular flexibility index (Phi) is 5.82. The van der Waals surface area contributed by atoms with Crippen molar-refractivity contribution in [3.8, 4) is 0 Å². The lowest BCUT2D eigenvalue weighted by molar-refractivity contribution is -0.122. The predicted octanol–water partition coefficient (Wildman–Crippen LogP) is 1.77. The van der Waals surface area contributed by atoms with Gasteiger partial charge >= 0.3 is 0 Å². The zero-order valence-electron chi connectivity index (χ0n) is 15.4. The summed E-state index contributed by atoms with van der Waals surface area (Å²) in [6, 6.07) is 5.55. The van der Waals surface area contributed by atoms with Crippen LogP contribution < -0.4 is 5.32 Å². The Morgan fingerprint density at radius 2 is 1.85 bits per heavy atom. The van der Waals surface area contributed by atoms with Gasteiger partial charge in [-0.05, 0) is 38.5 Å². The molecule has 1 aromatic carbocycles. The number of nitrogens with one attached hydrogen (secondary N) is 1. The molecule has 0 saturated heterocycles. The topological polar surface area (TPSA) is 84.3 Å². The molecule has 0 unspecified atom stereocenters. The van der Waals surface area contributed by atoms with Crippen molar-refractivity contribution in [1.82, 2.24) is 19.4 Å². The Morgan fingerprint density at radius 1 is 1.27 bits per heavy atom. The van der Waals surface area contributed by atoms with E-state index in [4.69, 9.17) is 0 Å². The maximum atomic E-state index is 13.0. The number of aryl methyl sites for hydroxylation is 1. The van der Waals surface area contributed by atoms with Crippen molar-refractivity contribution in [2.45, 2.75) is 38.3 Å². The van der Waals surface area contributed by atoms with Crippen LogP contribution in [0.5, 0.6) is 0 Å². The van der Waals surface area contributed by atoms with Crippen LogP contribution in [0.3, 0.4) is 0 Å². The summed E-state index contributed by atoms with van der Waals surface area (Å²) in [4.78, 5) is 12.4. The Balaban J connectivity index is 2.16. The molecule has 1 aromatic heterocycles. The van der Waals surface area contributed by atoms with Crippen LogP contribution in [0.1, 0.15) is 29.9 Å². The molecule has 1 N–H and O–H groups in total. The molecule has 0 fully saturated rings. The second kappa shape index (κ2) is 7.55. The quantitative estimate of drug-likeness (QED) is 0.825. The summed E-state index contributed by atoms with van der Waals surface area (Å²) in [6.45, 7) is 4.89. The normalized spacial score (nSPS) is 13.0. The standard InChI is InChI=1S/C17H23FN4O3S/c1-11(14-6-8-15(18)9-7-14)19-16(23)10-22-13(3)17(12(2)20-22)26(24,25)21(4)5/h6-9,11H,10H2,1-5H3,(H,19,23)/t11-/m1/s1. The highest BCUT2D eigenvalue weighted by molar-refractivity contribution is 7.89. The fourth-order valence-electron chi connectivity index (χ4n) is 2.65. The van der Waals surface area contributed by atoms with E-state index >= 15 is 0 Å². The first-order valence-electron chi connectivity index (χ1n) is 8.05. The van der Waals surface area contributed by atoms with Gasteiger partial charge in [-0.15, -0.1) is 0 Å². The molecule has 0 aliphatic rings. The zero-order chi connectivity index (χ0) is 19.6. The highest BCUT2D eigenvalue weighted by Crippen LogP contribution is 2.22. The first-order chi connectivity index (χ1) is 12.0. The van der Waals surface area contributed by atoms with Crippen molar-refractivity contribution in [2.75, 3.05) is 14.1 Å². The smallest absolute Gasteiger partial charge is 0.246 e. The molecule has 0 spiro atoms. The number of sulfonamides is 1. The van der Waals surface area contributed by atoms with E-state index in [1.165, 1.54) is 30.9 Å². The molecule has 1 heterocycles. The van der Waals surface area contributed by atoms with Gasteiger partial charge in [-0.2, -0.15) is 5.10 Å². The van der Waals surface area contributed by atoms with Gasteiger partial charge in [-0.25, -0.2) is 17.1 Å². The number of hydrogen-bond donors (Lipinski definition) is 1. The minimum atomic E-state index is -3.64. The molecule has 9 heteroatoms. The molecule has 0 aliphatic heterocycles. The van der Waals surface area contributed by atoms with Gasteiger partial charge in [0.1, 0.15) is 17.3 Å². The van der Waals surface area contributed by atoms with Gasteiger partial charge in [0.2, 0.25) is 15.9 Å². The first kappa shape index (κ1) is 20.1. The van der Waals surface area contributed by atoms with Crippen LogP contribution in [0, 0.1) is 19.7 Å². The van der Waals surface area contributed by atoms with E-state index in [1.807, 2.05) is 0 Å². The highest BCUT2D eigenvalue weighted by Gasteiger charge is 2.27. The van der Waals surface area contributed by atoms with E-state index in [9.17, 15) is 17.6 Å². The number of amides is 1. The molecule has 0 radical (unpaired) electrons. The number of nitrogens with zero attached hydrogens (tertiary/aromatic N) is 3. The summed E-state index contributed by atoms with van der Waals surface area (Å²) in [5.74, 6) is -0.661. The van der Waals surface area contributed by atoms with Gasteiger partial charge in [0.15, 0.2) is 0 Å². The fourth-order valence-corrected chi connectivity index (χ4v) is 3.91. The molecule has 0 bridgehead atoms. The third kappa shape index (κ3) is 4.10. The second-order valence-corrected chi connectivity index (χ2v) is 8.37. The van der Waals surface area contributed by atoms with Crippen LogP contribution in [0.2, 0.25) is 0 Å².